The van der Waals surface area contributed by atoms with Gasteiger partial charge in [0, 0.05) is 19.0 Å². The van der Waals surface area contributed by atoms with Crippen molar-refractivity contribution in [1.82, 2.24) is 4.90 Å². The normalized spacial score (nSPS) is 13.7. The number of nitrogens with zero attached hydrogens (tertiary/aromatic N) is 2. The molecule has 0 spiro atoms. The van der Waals surface area contributed by atoms with Crippen LogP contribution in [0.4, 0.5) is 5.69 Å². The van der Waals surface area contributed by atoms with E-state index in [1.807, 2.05) is 0 Å². The van der Waals surface area contributed by atoms with Crippen molar-refractivity contribution >= 4 is 23.5 Å². The third-order valence-corrected chi connectivity index (χ3v) is 3.39. The van der Waals surface area contributed by atoms with Gasteiger partial charge in [-0.2, -0.15) is 0 Å². The minimum Gasteiger partial charge on any atom is -0.487 e. The molecule has 0 aromatic heterocycles. The smallest absolute Gasteiger partial charge is 0.338 e. The highest BCUT2D eigenvalue weighted by atomic mass is 16.6. The number of carbonyl (C=O) groups excluding carboxylic acids is 3. The van der Waals surface area contributed by atoms with E-state index in [4.69, 9.17) is 9.47 Å². The molecule has 2 amide bonds. The molecule has 1 aliphatic rings. The first kappa shape index (κ1) is 17.4. The van der Waals surface area contributed by atoms with E-state index in [0.717, 1.165) is 11.0 Å². The van der Waals surface area contributed by atoms with Crippen LogP contribution in [0.25, 0.3) is 0 Å². The lowest BCUT2D eigenvalue weighted by molar-refractivity contribution is -0.385. The fraction of sp³-hybridized carbons (Fsp3) is 0.400. The lowest BCUT2D eigenvalue weighted by Crippen LogP contribution is -2.35. The van der Waals surface area contributed by atoms with Gasteiger partial charge >= 0.3 is 11.7 Å². The molecule has 0 unspecified atom stereocenters. The Morgan fingerprint density at radius 3 is 2.71 bits per heavy atom. The van der Waals surface area contributed by atoms with Gasteiger partial charge in [-0.3, -0.25) is 24.6 Å². The van der Waals surface area contributed by atoms with Crippen LogP contribution < -0.4 is 4.74 Å². The number of ether oxygens (including phenoxy) is 2. The molecule has 1 fully saturated rings. The number of carbonyl (C=O) groups is 3. The van der Waals surface area contributed by atoms with Crippen molar-refractivity contribution in [2.45, 2.75) is 19.8 Å². The van der Waals surface area contributed by atoms with Gasteiger partial charge in [-0.25, -0.2) is 4.79 Å². The predicted octanol–water partition coefficient (Wildman–Crippen LogP) is 1.30. The molecule has 0 bridgehead atoms. The number of nitro benzene ring substituents is 1. The molecular formula is C15H16N2O7. The first-order valence-corrected chi connectivity index (χ1v) is 7.35. The molecule has 0 saturated carbocycles. The summed E-state index contributed by atoms with van der Waals surface area (Å²) in [6.45, 7) is 1.63. The Balaban J connectivity index is 2.04. The van der Waals surface area contributed by atoms with Crippen LogP contribution in [0.5, 0.6) is 5.75 Å². The Morgan fingerprint density at radius 1 is 1.38 bits per heavy atom. The van der Waals surface area contributed by atoms with Crippen LogP contribution in [0, 0.1) is 10.1 Å². The summed E-state index contributed by atoms with van der Waals surface area (Å²) in [5, 5.41) is 11.0. The molecule has 0 atom stereocenters. The largest absolute Gasteiger partial charge is 0.487 e. The Bertz CT molecular complexity index is 686. The average molecular weight is 336 g/mol. The van der Waals surface area contributed by atoms with E-state index in [1.54, 1.807) is 6.92 Å². The quantitative estimate of drug-likeness (QED) is 0.436. The van der Waals surface area contributed by atoms with Gasteiger partial charge in [-0.1, -0.05) is 0 Å². The number of hydrogen-bond donors (Lipinski definition) is 0. The topological polar surface area (TPSA) is 116 Å². The van der Waals surface area contributed by atoms with Gasteiger partial charge in [-0.15, -0.1) is 0 Å². The maximum absolute atomic E-state index is 11.9. The van der Waals surface area contributed by atoms with Crippen molar-refractivity contribution in [2.75, 3.05) is 19.8 Å². The molecule has 1 saturated heterocycles. The van der Waals surface area contributed by atoms with Crippen molar-refractivity contribution in [1.29, 1.82) is 0 Å². The second-order valence-corrected chi connectivity index (χ2v) is 4.99. The SMILES string of the molecule is CCOc1ccc(C(=O)OCC(=O)N2CCCC2=O)cc1[N+](=O)[O-]. The standard InChI is InChI=1S/C15H16N2O7/c1-2-23-12-6-5-10(8-11(12)17(21)22)15(20)24-9-14(19)16-7-3-4-13(16)18/h5-6,8H,2-4,7,9H2,1H3. The highest BCUT2D eigenvalue weighted by molar-refractivity contribution is 5.98. The number of benzene rings is 1. The molecule has 1 heterocycles. The minimum absolute atomic E-state index is 0.0396. The summed E-state index contributed by atoms with van der Waals surface area (Å²) in [5.41, 5.74) is -0.446. The van der Waals surface area contributed by atoms with Crippen LogP contribution in [0.3, 0.4) is 0 Å². The number of rotatable bonds is 6. The van der Waals surface area contributed by atoms with Crippen LogP contribution in [0.2, 0.25) is 0 Å². The first-order chi connectivity index (χ1) is 11.4. The Hall–Kier alpha value is -2.97. The number of esters is 1. The summed E-state index contributed by atoms with van der Waals surface area (Å²) in [4.78, 5) is 46.6. The van der Waals surface area contributed by atoms with E-state index in [2.05, 4.69) is 0 Å². The zero-order chi connectivity index (χ0) is 17.7. The number of hydrogen-bond acceptors (Lipinski definition) is 7. The summed E-state index contributed by atoms with van der Waals surface area (Å²) < 4.78 is 9.96. The molecular weight excluding hydrogens is 320 g/mol. The molecule has 0 aliphatic carbocycles. The monoisotopic (exact) mass is 336 g/mol. The Labute approximate surface area is 137 Å². The number of nitro groups is 1. The fourth-order valence-corrected chi connectivity index (χ4v) is 2.26. The van der Waals surface area contributed by atoms with E-state index in [0.29, 0.717) is 19.4 Å². The summed E-state index contributed by atoms with van der Waals surface area (Å²) in [5.74, 6) is -1.75. The molecule has 1 aromatic carbocycles. The number of likely N-dealkylation sites (tertiary alicyclic amines) is 1. The van der Waals surface area contributed by atoms with Crippen molar-refractivity contribution in [2.24, 2.45) is 0 Å². The van der Waals surface area contributed by atoms with Crippen LogP contribution in [-0.2, 0) is 14.3 Å². The maximum Gasteiger partial charge on any atom is 0.338 e. The third-order valence-electron chi connectivity index (χ3n) is 3.39. The summed E-state index contributed by atoms with van der Waals surface area (Å²) >= 11 is 0. The van der Waals surface area contributed by atoms with E-state index in [1.165, 1.54) is 12.1 Å². The molecule has 1 aliphatic heterocycles. The summed E-state index contributed by atoms with van der Waals surface area (Å²) in [7, 11) is 0. The number of imide groups is 1. The summed E-state index contributed by atoms with van der Waals surface area (Å²) in [6.07, 6.45) is 0.883. The van der Waals surface area contributed by atoms with Crippen molar-refractivity contribution in [3.8, 4) is 5.75 Å². The van der Waals surface area contributed by atoms with Gasteiger partial charge in [-0.05, 0) is 25.5 Å². The fourth-order valence-electron chi connectivity index (χ4n) is 2.26. The molecule has 0 N–H and O–H groups in total. The molecule has 128 valence electrons. The Morgan fingerprint density at radius 2 is 2.12 bits per heavy atom. The minimum atomic E-state index is -0.888. The van der Waals surface area contributed by atoms with Gasteiger partial charge in [0.25, 0.3) is 5.91 Å². The van der Waals surface area contributed by atoms with Gasteiger partial charge in [0.05, 0.1) is 17.1 Å². The third kappa shape index (κ3) is 3.86. The second-order valence-electron chi connectivity index (χ2n) is 4.99. The van der Waals surface area contributed by atoms with E-state index < -0.39 is 23.4 Å². The highest BCUT2D eigenvalue weighted by Crippen LogP contribution is 2.28. The van der Waals surface area contributed by atoms with E-state index in [-0.39, 0.29) is 29.5 Å². The van der Waals surface area contributed by atoms with Gasteiger partial charge < -0.3 is 9.47 Å². The average Bonchev–Trinajstić information content (AvgIpc) is 2.99. The molecule has 9 heteroatoms. The summed E-state index contributed by atoms with van der Waals surface area (Å²) in [6, 6.07) is 3.63. The molecule has 9 nitrogen and oxygen atoms in total. The lowest BCUT2D eigenvalue weighted by Gasteiger charge is -2.13. The second kappa shape index (κ2) is 7.53. The maximum atomic E-state index is 11.9. The van der Waals surface area contributed by atoms with Crippen LogP contribution in [0.15, 0.2) is 18.2 Å². The van der Waals surface area contributed by atoms with Gasteiger partial charge in [0.1, 0.15) is 0 Å². The zero-order valence-electron chi connectivity index (χ0n) is 13.0. The highest BCUT2D eigenvalue weighted by Gasteiger charge is 2.27. The van der Waals surface area contributed by atoms with E-state index in [9.17, 15) is 24.5 Å². The number of amides is 2. The van der Waals surface area contributed by atoms with Crippen LogP contribution in [0.1, 0.15) is 30.1 Å². The molecule has 0 radical (unpaired) electrons. The first-order valence-electron chi connectivity index (χ1n) is 7.35. The van der Waals surface area contributed by atoms with E-state index >= 15 is 0 Å². The van der Waals surface area contributed by atoms with Gasteiger partial charge in [0.15, 0.2) is 12.4 Å². The molecule has 24 heavy (non-hydrogen) atoms. The van der Waals surface area contributed by atoms with Crippen molar-refractivity contribution in [3.05, 3.63) is 33.9 Å². The lowest BCUT2D eigenvalue weighted by atomic mass is 10.2. The predicted molar refractivity (Wildman–Crippen MR) is 80.5 cm³/mol. The van der Waals surface area contributed by atoms with Crippen molar-refractivity contribution < 1.29 is 28.8 Å². The van der Waals surface area contributed by atoms with Crippen LogP contribution in [-0.4, -0.2) is 47.4 Å². The van der Waals surface area contributed by atoms with Crippen molar-refractivity contribution in [3.63, 3.8) is 0 Å². The van der Waals surface area contributed by atoms with Gasteiger partial charge in [0.2, 0.25) is 5.91 Å². The van der Waals surface area contributed by atoms with Crippen LogP contribution >= 0.6 is 0 Å². The molecule has 2 rings (SSSR count). The molecule has 1 aromatic rings. The Kier molecular flexibility index (Phi) is 5.46. The zero-order valence-corrected chi connectivity index (χ0v) is 13.0.